The molecule has 1 amide bonds. The van der Waals surface area contributed by atoms with Crippen LogP contribution < -0.4 is 11.1 Å². The number of hydrogen-bond donors (Lipinski definition) is 3. The summed E-state index contributed by atoms with van der Waals surface area (Å²) in [5, 5.41) is 11.2. The standard InChI is InChI=1S/C12H22N2O5/c1-11(2,3)19-8(15)6-7(9(16)17)14-10(18)12(4,5)13/h7H,6,13H2,1-5H3,(H,14,18)(H,16,17)/t7-/m0/s1. The smallest absolute Gasteiger partial charge is 0.326 e. The lowest BCUT2D eigenvalue weighted by Crippen LogP contribution is -2.54. The van der Waals surface area contributed by atoms with Gasteiger partial charge in [0, 0.05) is 0 Å². The van der Waals surface area contributed by atoms with E-state index in [9.17, 15) is 14.4 Å². The molecule has 0 aromatic rings. The fourth-order valence-electron chi connectivity index (χ4n) is 1.09. The van der Waals surface area contributed by atoms with E-state index >= 15 is 0 Å². The lowest BCUT2D eigenvalue weighted by molar-refractivity contribution is -0.158. The van der Waals surface area contributed by atoms with Crippen molar-refractivity contribution in [3.05, 3.63) is 0 Å². The van der Waals surface area contributed by atoms with E-state index in [0.29, 0.717) is 0 Å². The number of amides is 1. The van der Waals surface area contributed by atoms with Crippen molar-refractivity contribution in [1.29, 1.82) is 0 Å². The third kappa shape index (κ3) is 7.40. The maximum absolute atomic E-state index is 11.6. The Hall–Kier alpha value is -1.63. The molecule has 7 heteroatoms. The van der Waals surface area contributed by atoms with Gasteiger partial charge in [-0.2, -0.15) is 0 Å². The normalized spacial score (nSPS) is 13.6. The molecule has 0 rings (SSSR count). The van der Waals surface area contributed by atoms with Gasteiger partial charge in [0.1, 0.15) is 11.6 Å². The van der Waals surface area contributed by atoms with E-state index in [1.54, 1.807) is 20.8 Å². The predicted octanol–water partition coefficient (Wildman–Crippen LogP) is 0.0249. The van der Waals surface area contributed by atoms with Crippen molar-refractivity contribution in [3.63, 3.8) is 0 Å². The molecule has 19 heavy (non-hydrogen) atoms. The van der Waals surface area contributed by atoms with Crippen LogP contribution in [0.15, 0.2) is 0 Å². The fourth-order valence-corrected chi connectivity index (χ4v) is 1.09. The van der Waals surface area contributed by atoms with Gasteiger partial charge in [0.2, 0.25) is 5.91 Å². The first-order valence-electron chi connectivity index (χ1n) is 5.87. The molecule has 0 unspecified atom stereocenters. The average Bonchev–Trinajstić information content (AvgIpc) is 2.11. The number of aliphatic carboxylic acids is 1. The number of carbonyl (C=O) groups excluding carboxylic acids is 2. The molecule has 0 aliphatic carbocycles. The summed E-state index contributed by atoms with van der Waals surface area (Å²) in [6.45, 7) is 7.89. The highest BCUT2D eigenvalue weighted by molar-refractivity contribution is 5.91. The Morgan fingerprint density at radius 2 is 1.68 bits per heavy atom. The van der Waals surface area contributed by atoms with Gasteiger partial charge in [0.15, 0.2) is 0 Å². The van der Waals surface area contributed by atoms with Gasteiger partial charge in [-0.1, -0.05) is 0 Å². The van der Waals surface area contributed by atoms with Crippen molar-refractivity contribution >= 4 is 17.8 Å². The molecule has 0 heterocycles. The number of carboxylic acids is 1. The number of nitrogens with one attached hydrogen (secondary N) is 1. The van der Waals surface area contributed by atoms with Crippen molar-refractivity contribution < 1.29 is 24.2 Å². The van der Waals surface area contributed by atoms with Gasteiger partial charge in [-0.25, -0.2) is 4.79 Å². The lowest BCUT2D eigenvalue weighted by atomic mass is 10.1. The van der Waals surface area contributed by atoms with E-state index in [1.807, 2.05) is 0 Å². The number of carbonyl (C=O) groups is 3. The molecule has 0 fully saturated rings. The second kappa shape index (κ2) is 6.01. The second-order valence-electron chi connectivity index (χ2n) is 5.88. The van der Waals surface area contributed by atoms with Gasteiger partial charge in [0.25, 0.3) is 0 Å². The highest BCUT2D eigenvalue weighted by atomic mass is 16.6. The van der Waals surface area contributed by atoms with Gasteiger partial charge in [0.05, 0.1) is 12.0 Å². The Morgan fingerprint density at radius 3 is 2.00 bits per heavy atom. The van der Waals surface area contributed by atoms with Crippen molar-refractivity contribution in [3.8, 4) is 0 Å². The minimum absolute atomic E-state index is 0.450. The van der Waals surface area contributed by atoms with Gasteiger partial charge in [-0.05, 0) is 34.6 Å². The van der Waals surface area contributed by atoms with E-state index in [2.05, 4.69) is 5.32 Å². The van der Waals surface area contributed by atoms with Crippen LogP contribution in [0.3, 0.4) is 0 Å². The summed E-state index contributed by atoms with van der Waals surface area (Å²) in [5.74, 6) is -2.66. The summed E-state index contributed by atoms with van der Waals surface area (Å²) in [5.41, 5.74) is 3.61. The van der Waals surface area contributed by atoms with Gasteiger partial charge < -0.3 is 20.9 Å². The topological polar surface area (TPSA) is 119 Å². The molecule has 0 aliphatic heterocycles. The third-order valence-corrected chi connectivity index (χ3v) is 1.98. The first-order chi connectivity index (χ1) is 8.33. The minimum atomic E-state index is -1.36. The Labute approximate surface area is 112 Å². The van der Waals surface area contributed by atoms with Crippen molar-refractivity contribution in [2.45, 2.75) is 58.2 Å². The summed E-state index contributed by atoms with van der Waals surface area (Å²) in [4.78, 5) is 34.1. The molecule has 0 spiro atoms. The van der Waals surface area contributed by atoms with Crippen LogP contribution in [-0.2, 0) is 19.1 Å². The molecule has 110 valence electrons. The van der Waals surface area contributed by atoms with Crippen LogP contribution >= 0.6 is 0 Å². The average molecular weight is 274 g/mol. The zero-order chi connectivity index (χ0) is 15.4. The summed E-state index contributed by atoms with van der Waals surface area (Å²) >= 11 is 0. The Bertz CT molecular complexity index is 365. The van der Waals surface area contributed by atoms with Crippen LogP contribution in [0.25, 0.3) is 0 Å². The predicted molar refractivity (Wildman–Crippen MR) is 68.3 cm³/mol. The lowest BCUT2D eigenvalue weighted by Gasteiger charge is -2.23. The van der Waals surface area contributed by atoms with Gasteiger partial charge in [-0.15, -0.1) is 0 Å². The van der Waals surface area contributed by atoms with Gasteiger partial charge in [-0.3, -0.25) is 9.59 Å². The highest BCUT2D eigenvalue weighted by Crippen LogP contribution is 2.10. The summed E-state index contributed by atoms with van der Waals surface area (Å²) in [6.07, 6.45) is -0.450. The van der Waals surface area contributed by atoms with E-state index in [1.165, 1.54) is 13.8 Å². The minimum Gasteiger partial charge on any atom is -0.480 e. The number of carboxylic acid groups (broad SMARTS) is 1. The quantitative estimate of drug-likeness (QED) is 0.608. The molecule has 0 saturated carbocycles. The molecule has 0 aliphatic rings. The van der Waals surface area contributed by atoms with E-state index in [4.69, 9.17) is 15.6 Å². The van der Waals surface area contributed by atoms with Crippen LogP contribution in [0, 0.1) is 0 Å². The van der Waals surface area contributed by atoms with Crippen molar-refractivity contribution in [2.75, 3.05) is 0 Å². The SMILES string of the molecule is CC(C)(C)OC(=O)C[C@H](NC(=O)C(C)(C)N)C(=O)O. The zero-order valence-corrected chi connectivity index (χ0v) is 11.9. The first kappa shape index (κ1) is 17.4. The molecule has 7 nitrogen and oxygen atoms in total. The van der Waals surface area contributed by atoms with Crippen molar-refractivity contribution in [2.24, 2.45) is 5.73 Å². The van der Waals surface area contributed by atoms with Crippen LogP contribution in [0.2, 0.25) is 0 Å². The number of rotatable bonds is 5. The molecule has 0 saturated heterocycles. The zero-order valence-electron chi connectivity index (χ0n) is 11.9. The number of ether oxygens (including phenoxy) is 1. The third-order valence-electron chi connectivity index (χ3n) is 1.98. The number of nitrogens with two attached hydrogens (primary N) is 1. The van der Waals surface area contributed by atoms with Gasteiger partial charge >= 0.3 is 11.9 Å². The van der Waals surface area contributed by atoms with E-state index in [0.717, 1.165) is 0 Å². The number of hydrogen-bond acceptors (Lipinski definition) is 5. The molecular weight excluding hydrogens is 252 g/mol. The van der Waals surface area contributed by atoms with E-state index < -0.39 is 41.4 Å². The molecule has 0 aromatic carbocycles. The molecule has 0 radical (unpaired) electrons. The summed E-state index contributed by atoms with van der Waals surface area (Å²) in [7, 11) is 0. The highest BCUT2D eigenvalue weighted by Gasteiger charge is 2.30. The van der Waals surface area contributed by atoms with Crippen LogP contribution in [0.4, 0.5) is 0 Å². The summed E-state index contributed by atoms with van der Waals surface area (Å²) in [6, 6.07) is -1.36. The molecule has 0 aromatic heterocycles. The molecule has 1 atom stereocenters. The van der Waals surface area contributed by atoms with Crippen LogP contribution in [-0.4, -0.2) is 40.1 Å². The van der Waals surface area contributed by atoms with Crippen LogP contribution in [0.1, 0.15) is 41.0 Å². The molecular formula is C12H22N2O5. The fraction of sp³-hybridized carbons (Fsp3) is 0.750. The Morgan fingerprint density at radius 1 is 1.21 bits per heavy atom. The monoisotopic (exact) mass is 274 g/mol. The second-order valence-corrected chi connectivity index (χ2v) is 5.88. The van der Waals surface area contributed by atoms with Crippen molar-refractivity contribution in [1.82, 2.24) is 5.32 Å². The largest absolute Gasteiger partial charge is 0.480 e. The first-order valence-corrected chi connectivity index (χ1v) is 5.87. The summed E-state index contributed by atoms with van der Waals surface area (Å²) < 4.78 is 5.00. The molecule has 0 bridgehead atoms. The van der Waals surface area contributed by atoms with E-state index in [-0.39, 0.29) is 0 Å². The van der Waals surface area contributed by atoms with Crippen LogP contribution in [0.5, 0.6) is 0 Å². The Balaban J connectivity index is 4.65. The maximum Gasteiger partial charge on any atom is 0.326 e. The number of esters is 1. The Kier molecular flexibility index (Phi) is 5.49. The maximum atomic E-state index is 11.6. The molecule has 4 N–H and O–H groups in total.